The van der Waals surface area contributed by atoms with E-state index >= 15 is 4.39 Å². The lowest BCUT2D eigenvalue weighted by molar-refractivity contribution is -0.122. The van der Waals surface area contributed by atoms with Crippen LogP contribution >= 0.6 is 11.6 Å². The van der Waals surface area contributed by atoms with Crippen molar-refractivity contribution in [2.75, 3.05) is 31.1 Å². The van der Waals surface area contributed by atoms with Gasteiger partial charge >= 0.3 is 0 Å². The summed E-state index contributed by atoms with van der Waals surface area (Å²) < 4.78 is 20.7. The first-order chi connectivity index (χ1) is 16.5. The van der Waals surface area contributed by atoms with Crippen LogP contribution in [0, 0.1) is 11.7 Å². The predicted octanol–water partition coefficient (Wildman–Crippen LogP) is 5.93. The first-order valence-electron chi connectivity index (χ1n) is 11.9. The fraction of sp³-hybridized carbons (Fsp3) is 0.407. The maximum atomic E-state index is 15.0. The fourth-order valence-corrected chi connectivity index (χ4v) is 4.88. The molecular formula is C27H31ClFN3O2. The first kappa shape index (κ1) is 24.4. The van der Waals surface area contributed by atoms with Gasteiger partial charge in [0.15, 0.2) is 0 Å². The molecule has 180 valence electrons. The lowest BCUT2D eigenvalue weighted by Crippen LogP contribution is -2.48. The number of oxazole rings is 1. The van der Waals surface area contributed by atoms with E-state index in [0.717, 1.165) is 37.1 Å². The lowest BCUT2D eigenvalue weighted by atomic mass is 9.93. The zero-order valence-electron chi connectivity index (χ0n) is 19.7. The first-order valence-corrected chi connectivity index (χ1v) is 12.3. The zero-order valence-corrected chi connectivity index (χ0v) is 20.5. The van der Waals surface area contributed by atoms with E-state index in [1.165, 1.54) is 6.07 Å². The van der Waals surface area contributed by atoms with Gasteiger partial charge in [-0.1, -0.05) is 43.6 Å². The Morgan fingerprint density at radius 1 is 1.09 bits per heavy atom. The summed E-state index contributed by atoms with van der Waals surface area (Å²) in [5.74, 6) is 0.595. The van der Waals surface area contributed by atoms with Crippen LogP contribution < -0.4 is 4.90 Å². The minimum atomic E-state index is -0.273. The second kappa shape index (κ2) is 11.2. The number of nitrogens with zero attached hydrogens (tertiary/aromatic N) is 3. The molecule has 3 aromatic rings. The van der Waals surface area contributed by atoms with Crippen LogP contribution in [0.5, 0.6) is 0 Å². The van der Waals surface area contributed by atoms with E-state index in [0.29, 0.717) is 29.7 Å². The van der Waals surface area contributed by atoms with Gasteiger partial charge in [0.2, 0.25) is 5.89 Å². The number of anilines is 1. The highest BCUT2D eigenvalue weighted by Crippen LogP contribution is 2.31. The summed E-state index contributed by atoms with van der Waals surface area (Å²) in [7, 11) is 0. The average molecular weight is 484 g/mol. The van der Waals surface area contributed by atoms with E-state index in [-0.39, 0.29) is 30.0 Å². The van der Waals surface area contributed by atoms with Crippen molar-refractivity contribution in [3.8, 4) is 0 Å². The summed E-state index contributed by atoms with van der Waals surface area (Å²) >= 11 is 6.08. The Morgan fingerprint density at radius 3 is 2.38 bits per heavy atom. The minimum absolute atomic E-state index is 0.0491. The van der Waals surface area contributed by atoms with Gasteiger partial charge in [0, 0.05) is 43.5 Å². The van der Waals surface area contributed by atoms with E-state index in [2.05, 4.69) is 14.8 Å². The maximum Gasteiger partial charge on any atom is 0.215 e. The van der Waals surface area contributed by atoms with Crippen LogP contribution in [0.4, 0.5) is 10.1 Å². The molecule has 1 saturated heterocycles. The number of rotatable bonds is 9. The molecule has 0 aliphatic carbocycles. The second-order valence-corrected chi connectivity index (χ2v) is 9.23. The van der Waals surface area contributed by atoms with E-state index in [1.54, 1.807) is 12.5 Å². The maximum absolute atomic E-state index is 15.0. The predicted molar refractivity (Wildman–Crippen MR) is 133 cm³/mol. The molecular weight excluding hydrogens is 453 g/mol. The van der Waals surface area contributed by atoms with Gasteiger partial charge in [0.1, 0.15) is 23.9 Å². The van der Waals surface area contributed by atoms with Gasteiger partial charge in [0.25, 0.3) is 0 Å². The van der Waals surface area contributed by atoms with E-state index in [9.17, 15) is 4.79 Å². The molecule has 1 aromatic heterocycles. The number of carbonyl (C=O) groups excluding carboxylic acids is 1. The van der Waals surface area contributed by atoms with Crippen LogP contribution in [0.1, 0.15) is 49.7 Å². The number of piperazine rings is 1. The average Bonchev–Trinajstić information content (AvgIpc) is 3.36. The SMILES string of the molecule is CCC(CC)C(=O)Cc1ccc(N2CCN(C(c3ccc(Cl)cc3)c3ncco3)CC2)c(F)c1. The second-order valence-electron chi connectivity index (χ2n) is 8.79. The molecule has 0 spiro atoms. The number of benzene rings is 2. The number of hydrogen-bond acceptors (Lipinski definition) is 5. The zero-order chi connectivity index (χ0) is 24.1. The molecule has 0 radical (unpaired) electrons. The number of Topliss-reactive ketones (excluding diaryl/α,β-unsaturated/α-hetero) is 1. The van der Waals surface area contributed by atoms with Gasteiger partial charge in [0.05, 0.1) is 11.9 Å². The van der Waals surface area contributed by atoms with Crippen molar-refractivity contribution >= 4 is 23.1 Å². The van der Waals surface area contributed by atoms with Crippen LogP contribution in [-0.2, 0) is 11.2 Å². The van der Waals surface area contributed by atoms with E-state index in [4.69, 9.17) is 16.0 Å². The van der Waals surface area contributed by atoms with Crippen molar-refractivity contribution in [1.82, 2.24) is 9.88 Å². The van der Waals surface area contributed by atoms with Crippen molar-refractivity contribution < 1.29 is 13.6 Å². The largest absolute Gasteiger partial charge is 0.447 e. The topological polar surface area (TPSA) is 49.6 Å². The quantitative estimate of drug-likeness (QED) is 0.377. The number of ketones is 1. The third-order valence-electron chi connectivity index (χ3n) is 6.72. The Balaban J connectivity index is 1.44. The molecule has 1 unspecified atom stereocenters. The molecule has 0 N–H and O–H groups in total. The Labute approximate surface area is 205 Å². The monoisotopic (exact) mass is 483 g/mol. The van der Waals surface area contributed by atoms with E-state index in [1.807, 2.05) is 50.2 Å². The van der Waals surface area contributed by atoms with Crippen molar-refractivity contribution in [2.45, 2.75) is 39.2 Å². The highest BCUT2D eigenvalue weighted by atomic mass is 35.5. The van der Waals surface area contributed by atoms with Gasteiger partial charge in [-0.2, -0.15) is 0 Å². The number of halogens is 2. The molecule has 7 heteroatoms. The smallest absolute Gasteiger partial charge is 0.215 e. The number of hydrogen-bond donors (Lipinski definition) is 0. The molecule has 0 amide bonds. The molecule has 0 saturated carbocycles. The van der Waals surface area contributed by atoms with Gasteiger partial charge in [-0.25, -0.2) is 9.37 Å². The van der Waals surface area contributed by atoms with Crippen LogP contribution in [0.25, 0.3) is 0 Å². The van der Waals surface area contributed by atoms with Crippen LogP contribution in [0.3, 0.4) is 0 Å². The molecule has 1 aliphatic heterocycles. The van der Waals surface area contributed by atoms with Gasteiger partial charge in [-0.15, -0.1) is 0 Å². The fourth-order valence-electron chi connectivity index (χ4n) is 4.75. The molecule has 1 aliphatic rings. The highest BCUT2D eigenvalue weighted by Gasteiger charge is 2.30. The normalized spacial score (nSPS) is 15.6. The summed E-state index contributed by atoms with van der Waals surface area (Å²) in [5, 5.41) is 0.681. The Morgan fingerprint density at radius 2 is 1.79 bits per heavy atom. The van der Waals surface area contributed by atoms with Crippen LogP contribution in [0.2, 0.25) is 5.02 Å². The Bertz CT molecular complexity index is 1080. The summed E-state index contributed by atoms with van der Waals surface area (Å²) in [5.41, 5.74) is 2.37. The summed E-state index contributed by atoms with van der Waals surface area (Å²) in [6.07, 6.45) is 5.17. The van der Waals surface area contributed by atoms with Crippen molar-refractivity contribution in [1.29, 1.82) is 0 Å². The number of aromatic nitrogens is 1. The molecule has 34 heavy (non-hydrogen) atoms. The summed E-state index contributed by atoms with van der Waals surface area (Å²) in [4.78, 5) is 21.2. The van der Waals surface area contributed by atoms with Crippen molar-refractivity contribution in [3.63, 3.8) is 0 Å². The van der Waals surface area contributed by atoms with Crippen molar-refractivity contribution in [2.24, 2.45) is 5.92 Å². The Kier molecular flexibility index (Phi) is 8.01. The molecule has 5 nitrogen and oxygen atoms in total. The molecule has 4 rings (SSSR count). The molecule has 1 fully saturated rings. The van der Waals surface area contributed by atoms with E-state index < -0.39 is 0 Å². The summed E-state index contributed by atoms with van der Waals surface area (Å²) in [6, 6.07) is 12.8. The third-order valence-corrected chi connectivity index (χ3v) is 6.97. The molecule has 1 atom stereocenters. The van der Waals surface area contributed by atoms with Gasteiger partial charge in [-0.3, -0.25) is 9.69 Å². The van der Waals surface area contributed by atoms with Crippen LogP contribution in [-0.4, -0.2) is 41.8 Å². The molecule has 2 aromatic carbocycles. The minimum Gasteiger partial charge on any atom is -0.447 e. The lowest BCUT2D eigenvalue weighted by Gasteiger charge is -2.39. The van der Waals surface area contributed by atoms with Gasteiger partial charge < -0.3 is 9.32 Å². The standard InChI is InChI=1S/C27H31ClFN3O2/c1-3-20(4-2)25(33)18-19-5-10-24(23(29)17-19)31-12-14-32(15-13-31)26(27-30-11-16-34-27)21-6-8-22(28)9-7-21/h5-11,16-17,20,26H,3-4,12-15,18H2,1-2H3. The third kappa shape index (κ3) is 5.50. The summed E-state index contributed by atoms with van der Waals surface area (Å²) in [6.45, 7) is 6.85. The van der Waals surface area contributed by atoms with Gasteiger partial charge in [-0.05, 0) is 48.2 Å². The van der Waals surface area contributed by atoms with Crippen LogP contribution in [0.15, 0.2) is 59.3 Å². The highest BCUT2D eigenvalue weighted by molar-refractivity contribution is 6.30. The Hall–Kier alpha value is -2.70. The number of carbonyl (C=O) groups is 1. The van der Waals surface area contributed by atoms with Crippen molar-refractivity contribution in [3.05, 3.63) is 82.8 Å². The molecule has 0 bridgehead atoms. The molecule has 2 heterocycles.